The van der Waals surface area contributed by atoms with Gasteiger partial charge in [0.2, 0.25) is 0 Å². The van der Waals surface area contributed by atoms with Crippen LogP contribution >= 0.6 is 0 Å². The Balaban J connectivity index is 2.33. The highest BCUT2D eigenvalue weighted by atomic mass is 16.1. The molecule has 0 atom stereocenters. The van der Waals surface area contributed by atoms with E-state index in [1.807, 2.05) is 0 Å². The Morgan fingerprint density at radius 3 is 3.07 bits per heavy atom. The van der Waals surface area contributed by atoms with Gasteiger partial charge in [-0.1, -0.05) is 0 Å². The lowest BCUT2D eigenvalue weighted by Gasteiger charge is -1.99. The lowest BCUT2D eigenvalue weighted by Crippen LogP contribution is -2.11. The summed E-state index contributed by atoms with van der Waals surface area (Å²) in [5.41, 5.74) is 0.637. The van der Waals surface area contributed by atoms with Crippen LogP contribution in [-0.4, -0.2) is 15.0 Å². The van der Waals surface area contributed by atoms with E-state index in [1.165, 1.54) is 0 Å². The summed E-state index contributed by atoms with van der Waals surface area (Å²) in [7, 11) is 0. The smallest absolute Gasteiger partial charge is 0.258 e. The van der Waals surface area contributed by atoms with Crippen LogP contribution in [0, 0.1) is 0 Å². The maximum absolute atomic E-state index is 11.6. The molecule has 1 saturated carbocycles. The molecule has 2 heterocycles. The van der Waals surface area contributed by atoms with Crippen molar-refractivity contribution in [3.8, 4) is 0 Å². The molecule has 1 aliphatic rings. The van der Waals surface area contributed by atoms with Gasteiger partial charge in [-0.3, -0.25) is 9.78 Å². The largest absolute Gasteiger partial charge is 0.310 e. The predicted octanol–water partition coefficient (Wildman–Crippen LogP) is 1.20. The Morgan fingerprint density at radius 2 is 2.29 bits per heavy atom. The maximum Gasteiger partial charge on any atom is 0.258 e. The molecule has 0 radical (unpaired) electrons. The second-order valence-electron chi connectivity index (χ2n) is 3.62. The third kappa shape index (κ3) is 1.11. The van der Waals surface area contributed by atoms with Crippen LogP contribution < -0.4 is 5.56 Å². The molecule has 0 unspecified atom stereocenters. The molecule has 0 amide bonds. The zero-order valence-corrected chi connectivity index (χ0v) is 7.53. The number of nitrogens with zero attached hydrogens (tertiary/aromatic N) is 2. The van der Waals surface area contributed by atoms with Gasteiger partial charge in [-0.2, -0.15) is 0 Å². The van der Waals surface area contributed by atoms with Crippen LogP contribution in [0.2, 0.25) is 0 Å². The van der Waals surface area contributed by atoms with Crippen molar-refractivity contribution in [3.05, 3.63) is 34.6 Å². The fourth-order valence-corrected chi connectivity index (χ4v) is 1.56. The van der Waals surface area contributed by atoms with Gasteiger partial charge in [0, 0.05) is 12.1 Å². The van der Waals surface area contributed by atoms with Crippen molar-refractivity contribution >= 4 is 10.9 Å². The van der Waals surface area contributed by atoms with E-state index in [0.717, 1.165) is 18.7 Å². The van der Waals surface area contributed by atoms with E-state index in [2.05, 4.69) is 15.0 Å². The van der Waals surface area contributed by atoms with Gasteiger partial charge >= 0.3 is 0 Å². The molecule has 0 aromatic carbocycles. The second kappa shape index (κ2) is 2.64. The summed E-state index contributed by atoms with van der Waals surface area (Å²) in [4.78, 5) is 22.8. The Kier molecular flexibility index (Phi) is 1.45. The number of aromatic nitrogens is 3. The minimum atomic E-state index is -0.0562. The highest BCUT2D eigenvalue weighted by Crippen LogP contribution is 2.37. The zero-order chi connectivity index (χ0) is 9.54. The molecule has 0 aliphatic heterocycles. The summed E-state index contributed by atoms with van der Waals surface area (Å²) in [6.45, 7) is 0. The van der Waals surface area contributed by atoms with Gasteiger partial charge in [0.25, 0.3) is 5.56 Å². The van der Waals surface area contributed by atoms with Gasteiger partial charge in [-0.15, -0.1) is 0 Å². The van der Waals surface area contributed by atoms with E-state index in [1.54, 1.807) is 18.5 Å². The first-order valence-electron chi connectivity index (χ1n) is 4.68. The molecule has 1 aliphatic carbocycles. The summed E-state index contributed by atoms with van der Waals surface area (Å²) in [5, 5.41) is 0.615. The first-order valence-corrected chi connectivity index (χ1v) is 4.68. The van der Waals surface area contributed by atoms with E-state index >= 15 is 0 Å². The minimum Gasteiger partial charge on any atom is -0.310 e. The van der Waals surface area contributed by atoms with Gasteiger partial charge in [0.05, 0.1) is 17.1 Å². The molecule has 1 N–H and O–H groups in total. The third-order valence-electron chi connectivity index (χ3n) is 2.49. The minimum absolute atomic E-state index is 0.0562. The normalized spacial score (nSPS) is 16.0. The zero-order valence-electron chi connectivity index (χ0n) is 7.53. The molecule has 2 aromatic rings. The Bertz CT molecular complexity index is 542. The van der Waals surface area contributed by atoms with Gasteiger partial charge in [-0.05, 0) is 18.9 Å². The van der Waals surface area contributed by atoms with E-state index in [-0.39, 0.29) is 5.56 Å². The quantitative estimate of drug-likeness (QED) is 0.729. The van der Waals surface area contributed by atoms with Crippen LogP contribution in [0.1, 0.15) is 24.6 Å². The van der Waals surface area contributed by atoms with Crippen LogP contribution in [-0.2, 0) is 0 Å². The van der Waals surface area contributed by atoms with Crippen molar-refractivity contribution in [3.63, 3.8) is 0 Å². The molecule has 4 heteroatoms. The molecule has 0 spiro atoms. The highest BCUT2D eigenvalue weighted by molar-refractivity contribution is 5.76. The van der Waals surface area contributed by atoms with Crippen LogP contribution in [0.3, 0.4) is 0 Å². The summed E-state index contributed by atoms with van der Waals surface area (Å²) < 4.78 is 0. The van der Waals surface area contributed by atoms with E-state index < -0.39 is 0 Å². The number of hydrogen-bond acceptors (Lipinski definition) is 3. The van der Waals surface area contributed by atoms with Gasteiger partial charge < -0.3 is 4.98 Å². The SMILES string of the molecule is O=c1[nH]c(C2CC2)nc2cnccc12. The molecule has 0 bridgehead atoms. The van der Waals surface area contributed by atoms with E-state index in [4.69, 9.17) is 0 Å². The second-order valence-corrected chi connectivity index (χ2v) is 3.62. The van der Waals surface area contributed by atoms with Crippen LogP contribution in [0.15, 0.2) is 23.3 Å². The first-order chi connectivity index (χ1) is 6.84. The number of nitrogens with one attached hydrogen (secondary N) is 1. The van der Waals surface area contributed by atoms with Crippen molar-refractivity contribution in [1.29, 1.82) is 0 Å². The number of aromatic amines is 1. The predicted molar refractivity (Wildman–Crippen MR) is 52.1 cm³/mol. The Morgan fingerprint density at radius 1 is 1.43 bits per heavy atom. The van der Waals surface area contributed by atoms with Crippen molar-refractivity contribution in [1.82, 2.24) is 15.0 Å². The van der Waals surface area contributed by atoms with Crippen molar-refractivity contribution in [2.75, 3.05) is 0 Å². The highest BCUT2D eigenvalue weighted by Gasteiger charge is 2.26. The van der Waals surface area contributed by atoms with Crippen molar-refractivity contribution in [2.24, 2.45) is 0 Å². The average Bonchev–Trinajstić information content (AvgIpc) is 3.01. The monoisotopic (exact) mass is 187 g/mol. The summed E-state index contributed by atoms with van der Waals surface area (Å²) >= 11 is 0. The summed E-state index contributed by atoms with van der Waals surface area (Å²) in [6.07, 6.45) is 5.51. The third-order valence-corrected chi connectivity index (χ3v) is 2.49. The van der Waals surface area contributed by atoms with E-state index in [0.29, 0.717) is 16.8 Å². The Hall–Kier alpha value is -1.71. The van der Waals surface area contributed by atoms with Crippen LogP contribution in [0.4, 0.5) is 0 Å². The fraction of sp³-hybridized carbons (Fsp3) is 0.300. The number of rotatable bonds is 1. The topological polar surface area (TPSA) is 58.6 Å². The summed E-state index contributed by atoms with van der Waals surface area (Å²) in [6, 6.07) is 1.69. The molecular formula is C10H9N3O. The molecular weight excluding hydrogens is 178 g/mol. The van der Waals surface area contributed by atoms with Gasteiger partial charge in [0.15, 0.2) is 0 Å². The van der Waals surface area contributed by atoms with Crippen LogP contribution in [0.25, 0.3) is 10.9 Å². The molecule has 0 saturated heterocycles. The van der Waals surface area contributed by atoms with E-state index in [9.17, 15) is 4.79 Å². The molecule has 1 fully saturated rings. The van der Waals surface area contributed by atoms with Crippen molar-refractivity contribution in [2.45, 2.75) is 18.8 Å². The molecule has 2 aromatic heterocycles. The molecule has 3 rings (SSSR count). The average molecular weight is 187 g/mol. The standard InChI is InChI=1S/C10H9N3O/c14-10-7-3-4-11-5-8(7)12-9(13-10)6-1-2-6/h3-6H,1-2H2,(H,12,13,14). The Labute approximate surface area is 80.0 Å². The van der Waals surface area contributed by atoms with Crippen LogP contribution in [0.5, 0.6) is 0 Å². The number of H-pyrrole nitrogens is 1. The number of pyridine rings is 1. The van der Waals surface area contributed by atoms with Gasteiger partial charge in [-0.25, -0.2) is 4.98 Å². The molecule has 14 heavy (non-hydrogen) atoms. The number of hydrogen-bond donors (Lipinski definition) is 1. The molecule has 70 valence electrons. The summed E-state index contributed by atoms with van der Waals surface area (Å²) in [5.74, 6) is 1.28. The van der Waals surface area contributed by atoms with Gasteiger partial charge in [0.1, 0.15) is 5.82 Å². The fourth-order valence-electron chi connectivity index (χ4n) is 1.56. The maximum atomic E-state index is 11.6. The first kappa shape index (κ1) is 7.67. The lowest BCUT2D eigenvalue weighted by molar-refractivity contribution is 0.930. The number of fused-ring (bicyclic) bond motifs is 1. The molecule has 4 nitrogen and oxygen atoms in total. The van der Waals surface area contributed by atoms with Crippen molar-refractivity contribution < 1.29 is 0 Å². The lowest BCUT2D eigenvalue weighted by atomic mass is 10.3.